The van der Waals surface area contributed by atoms with Gasteiger partial charge in [0.15, 0.2) is 0 Å². The summed E-state index contributed by atoms with van der Waals surface area (Å²) >= 11 is 0. The number of carbonyl (C=O) groups excluding carboxylic acids is 1. The highest BCUT2D eigenvalue weighted by Crippen LogP contribution is 2.35. The quantitative estimate of drug-likeness (QED) is 0.423. The van der Waals surface area contributed by atoms with Gasteiger partial charge in [-0.2, -0.15) is 0 Å². The zero-order valence-electron chi connectivity index (χ0n) is 19.7. The molecule has 5 rings (SSSR count). The number of esters is 1. The Morgan fingerprint density at radius 1 is 1.12 bits per heavy atom. The third-order valence-corrected chi connectivity index (χ3v) is 7.13. The number of rotatable bonds is 5. The highest BCUT2D eigenvalue weighted by molar-refractivity contribution is 5.87. The summed E-state index contributed by atoms with van der Waals surface area (Å²) in [5.74, 6) is 0.300. The number of hydrogen-bond acceptors (Lipinski definition) is 7. The molecule has 3 heterocycles. The SMILES string of the molecule is COC(=O)Cc1c(C)c2ccc3c(c2oc1=O)CN(C1CCN(Cc2ccccc2)CC1)CO3. The number of hydrogen-bond donors (Lipinski definition) is 0. The lowest BCUT2D eigenvalue weighted by atomic mass is 9.98. The number of fused-ring (bicyclic) bond motifs is 3. The lowest BCUT2D eigenvalue weighted by Gasteiger charge is -2.40. The molecule has 0 radical (unpaired) electrons. The Labute approximate surface area is 198 Å². The molecule has 1 fully saturated rings. The van der Waals surface area contributed by atoms with E-state index in [4.69, 9.17) is 13.9 Å². The van der Waals surface area contributed by atoms with Crippen molar-refractivity contribution < 1.29 is 18.7 Å². The Balaban J connectivity index is 1.33. The molecule has 3 aromatic rings. The van der Waals surface area contributed by atoms with Crippen molar-refractivity contribution in [3.05, 3.63) is 75.1 Å². The molecule has 0 spiro atoms. The fraction of sp³-hybridized carbons (Fsp3) is 0.407. The van der Waals surface area contributed by atoms with Gasteiger partial charge >= 0.3 is 11.6 Å². The van der Waals surface area contributed by atoms with Crippen LogP contribution < -0.4 is 10.4 Å². The maximum absolute atomic E-state index is 12.7. The van der Waals surface area contributed by atoms with Crippen molar-refractivity contribution >= 4 is 16.9 Å². The monoisotopic (exact) mass is 462 g/mol. The van der Waals surface area contributed by atoms with Gasteiger partial charge < -0.3 is 13.9 Å². The van der Waals surface area contributed by atoms with Gasteiger partial charge in [0.2, 0.25) is 0 Å². The summed E-state index contributed by atoms with van der Waals surface area (Å²) in [6, 6.07) is 14.9. The summed E-state index contributed by atoms with van der Waals surface area (Å²) in [6.07, 6.45) is 2.05. The third-order valence-electron chi connectivity index (χ3n) is 7.13. The Morgan fingerprint density at radius 2 is 1.88 bits per heavy atom. The van der Waals surface area contributed by atoms with Gasteiger partial charge in [-0.25, -0.2) is 4.79 Å². The van der Waals surface area contributed by atoms with E-state index >= 15 is 0 Å². The molecule has 178 valence electrons. The van der Waals surface area contributed by atoms with Crippen LogP contribution in [0, 0.1) is 6.92 Å². The molecule has 7 nitrogen and oxygen atoms in total. The van der Waals surface area contributed by atoms with Gasteiger partial charge in [-0.3, -0.25) is 14.6 Å². The molecule has 2 aliphatic heterocycles. The van der Waals surface area contributed by atoms with Crippen LogP contribution in [-0.2, 0) is 29.0 Å². The van der Waals surface area contributed by atoms with Crippen LogP contribution in [0.1, 0.15) is 35.1 Å². The number of piperidine rings is 1. The zero-order valence-corrected chi connectivity index (χ0v) is 19.7. The van der Waals surface area contributed by atoms with Crippen LogP contribution in [0.5, 0.6) is 5.75 Å². The first-order valence-corrected chi connectivity index (χ1v) is 11.8. The summed E-state index contributed by atoms with van der Waals surface area (Å²) in [4.78, 5) is 29.3. The molecule has 0 aliphatic carbocycles. The first-order valence-electron chi connectivity index (χ1n) is 11.8. The minimum absolute atomic E-state index is 0.0954. The van der Waals surface area contributed by atoms with E-state index in [2.05, 4.69) is 40.1 Å². The molecule has 34 heavy (non-hydrogen) atoms. The van der Waals surface area contributed by atoms with E-state index in [9.17, 15) is 9.59 Å². The second-order valence-electron chi connectivity index (χ2n) is 9.18. The van der Waals surface area contributed by atoms with Crippen LogP contribution >= 0.6 is 0 Å². The normalized spacial score (nSPS) is 17.4. The van der Waals surface area contributed by atoms with Crippen LogP contribution in [0.2, 0.25) is 0 Å². The Hall–Kier alpha value is -3.16. The van der Waals surface area contributed by atoms with Gasteiger partial charge in [0.05, 0.1) is 24.7 Å². The Morgan fingerprint density at radius 3 is 2.62 bits per heavy atom. The van der Waals surface area contributed by atoms with Gasteiger partial charge in [-0.15, -0.1) is 0 Å². The highest BCUT2D eigenvalue weighted by atomic mass is 16.5. The van der Waals surface area contributed by atoms with Crippen molar-refractivity contribution in [2.24, 2.45) is 0 Å². The maximum atomic E-state index is 12.7. The number of nitrogens with zero attached hydrogens (tertiary/aromatic N) is 2. The molecule has 2 aliphatic rings. The van der Waals surface area contributed by atoms with Crippen molar-refractivity contribution in [2.45, 2.75) is 45.3 Å². The third kappa shape index (κ3) is 4.45. The largest absolute Gasteiger partial charge is 0.478 e. The minimum atomic E-state index is -0.491. The van der Waals surface area contributed by atoms with E-state index < -0.39 is 11.6 Å². The fourth-order valence-corrected chi connectivity index (χ4v) is 5.12. The fourth-order valence-electron chi connectivity index (χ4n) is 5.12. The first kappa shape index (κ1) is 22.6. The van der Waals surface area contributed by atoms with Gasteiger partial charge in [0, 0.05) is 24.5 Å². The zero-order chi connectivity index (χ0) is 23.7. The van der Waals surface area contributed by atoms with E-state index in [1.165, 1.54) is 12.7 Å². The van der Waals surface area contributed by atoms with E-state index in [-0.39, 0.29) is 6.42 Å². The van der Waals surface area contributed by atoms with Crippen LogP contribution in [0.25, 0.3) is 11.0 Å². The second-order valence-corrected chi connectivity index (χ2v) is 9.18. The molecular formula is C27H30N2O5. The first-order chi connectivity index (χ1) is 16.5. The number of ether oxygens (including phenoxy) is 2. The minimum Gasteiger partial charge on any atom is -0.478 e. The Bertz CT molecular complexity index is 1250. The molecule has 0 amide bonds. The lowest BCUT2D eigenvalue weighted by Crippen LogP contribution is -2.47. The molecule has 7 heteroatoms. The summed E-state index contributed by atoms with van der Waals surface area (Å²) < 4.78 is 16.6. The van der Waals surface area contributed by atoms with E-state index in [1.54, 1.807) is 0 Å². The molecule has 0 N–H and O–H groups in total. The standard InChI is InChI=1S/C27H30N2O5/c1-18-21-8-9-24-23(26(21)34-27(31)22(18)14-25(30)32-2)16-29(17-33-24)20-10-12-28(13-11-20)15-19-6-4-3-5-7-19/h3-9,20H,10-17H2,1-2H3. The number of likely N-dealkylation sites (tertiary alicyclic amines) is 1. The Kier molecular flexibility index (Phi) is 6.39. The second kappa shape index (κ2) is 9.60. The van der Waals surface area contributed by atoms with E-state index in [0.717, 1.165) is 54.7 Å². The van der Waals surface area contributed by atoms with E-state index in [1.807, 2.05) is 19.1 Å². The average molecular weight is 463 g/mol. The van der Waals surface area contributed by atoms with Crippen LogP contribution in [-0.4, -0.2) is 48.7 Å². The number of aryl methyl sites for hydroxylation is 1. The van der Waals surface area contributed by atoms with Crippen LogP contribution in [0.4, 0.5) is 0 Å². The highest BCUT2D eigenvalue weighted by Gasteiger charge is 2.30. The van der Waals surface area contributed by atoms with Crippen molar-refractivity contribution in [1.82, 2.24) is 9.80 Å². The molecule has 0 saturated carbocycles. The molecular weight excluding hydrogens is 432 g/mol. The summed E-state index contributed by atoms with van der Waals surface area (Å²) in [6.45, 7) is 6.14. The van der Waals surface area contributed by atoms with Crippen molar-refractivity contribution in [3.63, 3.8) is 0 Å². The average Bonchev–Trinajstić information content (AvgIpc) is 2.87. The summed E-state index contributed by atoms with van der Waals surface area (Å²) in [5, 5.41) is 0.834. The number of benzene rings is 2. The van der Waals surface area contributed by atoms with Crippen molar-refractivity contribution in [2.75, 3.05) is 26.9 Å². The van der Waals surface area contributed by atoms with E-state index in [0.29, 0.717) is 30.5 Å². The van der Waals surface area contributed by atoms with Gasteiger partial charge in [-0.05, 0) is 56.1 Å². The van der Waals surface area contributed by atoms with Crippen LogP contribution in [0.15, 0.2) is 51.7 Å². The molecule has 0 unspecified atom stereocenters. The maximum Gasteiger partial charge on any atom is 0.340 e. The summed E-state index contributed by atoms with van der Waals surface area (Å²) in [5.41, 5.74) is 3.42. The molecule has 1 saturated heterocycles. The van der Waals surface area contributed by atoms with Crippen molar-refractivity contribution in [3.8, 4) is 5.75 Å². The van der Waals surface area contributed by atoms with Gasteiger partial charge in [-0.1, -0.05) is 30.3 Å². The van der Waals surface area contributed by atoms with Crippen LogP contribution in [0.3, 0.4) is 0 Å². The predicted octanol–water partition coefficient (Wildman–Crippen LogP) is 3.63. The van der Waals surface area contributed by atoms with Crippen molar-refractivity contribution in [1.29, 1.82) is 0 Å². The number of methoxy groups -OCH3 is 1. The molecule has 2 aromatic carbocycles. The molecule has 0 atom stereocenters. The van der Waals surface area contributed by atoms with Gasteiger partial charge in [0.1, 0.15) is 18.1 Å². The predicted molar refractivity (Wildman–Crippen MR) is 129 cm³/mol. The smallest absolute Gasteiger partial charge is 0.340 e. The molecule has 1 aromatic heterocycles. The molecule has 0 bridgehead atoms. The summed E-state index contributed by atoms with van der Waals surface area (Å²) in [7, 11) is 1.31. The topological polar surface area (TPSA) is 72.2 Å². The number of carbonyl (C=O) groups is 1. The van der Waals surface area contributed by atoms with Gasteiger partial charge in [0.25, 0.3) is 0 Å². The lowest BCUT2D eigenvalue weighted by molar-refractivity contribution is -0.139.